The van der Waals surface area contributed by atoms with Crippen molar-refractivity contribution < 1.29 is 13.2 Å². The van der Waals surface area contributed by atoms with Crippen LogP contribution in [0.3, 0.4) is 0 Å². The predicted octanol–water partition coefficient (Wildman–Crippen LogP) is 1.70. The Morgan fingerprint density at radius 2 is 1.92 bits per heavy atom. The van der Waals surface area contributed by atoms with E-state index in [0.29, 0.717) is 36.5 Å². The largest absolute Gasteiger partial charge is 0.352 e. The molecule has 1 aliphatic rings. The third-order valence-corrected chi connectivity index (χ3v) is 6.70. The summed E-state index contributed by atoms with van der Waals surface area (Å²) in [6.07, 6.45) is 2.20. The van der Waals surface area contributed by atoms with E-state index in [1.807, 2.05) is 0 Å². The Morgan fingerprint density at radius 1 is 1.23 bits per heavy atom. The van der Waals surface area contributed by atoms with Crippen molar-refractivity contribution >= 4 is 26.8 Å². The monoisotopic (exact) mass is 377 g/mol. The lowest BCUT2D eigenvalue weighted by molar-refractivity contribution is 0.0953. The molecule has 1 aliphatic carbocycles. The van der Waals surface area contributed by atoms with Crippen LogP contribution in [0.1, 0.15) is 37.0 Å². The van der Waals surface area contributed by atoms with Crippen molar-refractivity contribution in [3.05, 3.63) is 40.2 Å². The van der Waals surface area contributed by atoms with Gasteiger partial charge in [0.05, 0.1) is 10.5 Å². The number of aromatic nitrogens is 1. The Morgan fingerprint density at radius 3 is 2.54 bits per heavy atom. The van der Waals surface area contributed by atoms with Gasteiger partial charge in [0.2, 0.25) is 15.6 Å². The van der Waals surface area contributed by atoms with Crippen LogP contribution in [-0.4, -0.2) is 43.2 Å². The highest BCUT2D eigenvalue weighted by Gasteiger charge is 2.24. The maximum absolute atomic E-state index is 12.8. The molecule has 1 saturated carbocycles. The summed E-state index contributed by atoms with van der Waals surface area (Å²) in [6, 6.07) is 5.67. The first-order valence-electron chi connectivity index (χ1n) is 8.82. The number of amides is 1. The Balaban J connectivity index is 2.07. The van der Waals surface area contributed by atoms with Crippen LogP contribution in [-0.2, 0) is 10.0 Å². The van der Waals surface area contributed by atoms with Crippen molar-refractivity contribution in [2.75, 3.05) is 19.6 Å². The molecule has 2 N–H and O–H groups in total. The number of nitrogens with zero attached hydrogens (tertiary/aromatic N) is 1. The van der Waals surface area contributed by atoms with Crippen molar-refractivity contribution in [2.45, 2.75) is 31.6 Å². The van der Waals surface area contributed by atoms with Crippen LogP contribution < -0.4 is 10.9 Å². The van der Waals surface area contributed by atoms with E-state index in [-0.39, 0.29) is 16.4 Å². The molecule has 2 aromatic rings. The smallest absolute Gasteiger partial charge is 0.252 e. The molecular formula is C18H23N3O4S. The van der Waals surface area contributed by atoms with Gasteiger partial charge in [-0.1, -0.05) is 13.8 Å². The zero-order valence-electron chi connectivity index (χ0n) is 14.9. The van der Waals surface area contributed by atoms with Gasteiger partial charge in [-0.2, -0.15) is 4.31 Å². The first-order valence-corrected chi connectivity index (χ1v) is 10.3. The minimum Gasteiger partial charge on any atom is -0.352 e. The molecule has 0 spiro atoms. The summed E-state index contributed by atoms with van der Waals surface area (Å²) in [7, 11) is -3.65. The van der Waals surface area contributed by atoms with Crippen molar-refractivity contribution in [2.24, 2.45) is 5.92 Å². The van der Waals surface area contributed by atoms with Crippen molar-refractivity contribution in [3.8, 4) is 0 Å². The highest BCUT2D eigenvalue weighted by Crippen LogP contribution is 2.28. The second-order valence-electron chi connectivity index (χ2n) is 6.50. The number of aromatic amines is 1. The summed E-state index contributed by atoms with van der Waals surface area (Å²) in [6.45, 7) is 4.84. The summed E-state index contributed by atoms with van der Waals surface area (Å²) in [5, 5.41) is 3.25. The second-order valence-corrected chi connectivity index (χ2v) is 8.44. The van der Waals surface area contributed by atoms with Crippen LogP contribution in [0.2, 0.25) is 0 Å². The molecule has 1 amide bonds. The summed E-state index contributed by atoms with van der Waals surface area (Å²) in [5.74, 6) is 0.149. The molecule has 26 heavy (non-hydrogen) atoms. The number of pyridine rings is 1. The Kier molecular flexibility index (Phi) is 5.15. The lowest BCUT2D eigenvalue weighted by Gasteiger charge is -2.19. The quantitative estimate of drug-likeness (QED) is 0.767. The average molecular weight is 377 g/mol. The molecule has 0 radical (unpaired) electrons. The van der Waals surface area contributed by atoms with Gasteiger partial charge in [0.1, 0.15) is 0 Å². The summed E-state index contributed by atoms with van der Waals surface area (Å²) in [4.78, 5) is 27.2. The van der Waals surface area contributed by atoms with E-state index < -0.39 is 15.6 Å². The minimum atomic E-state index is -3.65. The number of nitrogens with one attached hydrogen (secondary N) is 2. The molecule has 1 heterocycles. The normalized spacial score (nSPS) is 14.7. The summed E-state index contributed by atoms with van der Waals surface area (Å²) >= 11 is 0. The molecule has 1 aromatic heterocycles. The molecule has 0 atom stereocenters. The number of fused-ring (bicyclic) bond motifs is 1. The van der Waals surface area contributed by atoms with Crippen LogP contribution in [0.15, 0.2) is 34.0 Å². The van der Waals surface area contributed by atoms with Crippen molar-refractivity contribution in [1.82, 2.24) is 14.6 Å². The van der Waals surface area contributed by atoms with Crippen molar-refractivity contribution in [1.29, 1.82) is 0 Å². The van der Waals surface area contributed by atoms with Gasteiger partial charge in [0, 0.05) is 36.6 Å². The fourth-order valence-electron chi connectivity index (χ4n) is 2.95. The maximum atomic E-state index is 12.8. The second kappa shape index (κ2) is 7.20. The third-order valence-electron chi connectivity index (χ3n) is 4.65. The standard InChI is InChI=1S/C18H23N3O4S/c1-3-21(4-2)26(24,25)13-7-8-16-14(9-13)15(10-17(22)20-16)18(23)19-11-12-5-6-12/h7-10,12H,3-6,11H2,1-2H3,(H,19,23)(H,20,22). The van der Waals surface area contributed by atoms with Gasteiger partial charge < -0.3 is 10.3 Å². The Bertz CT molecular complexity index is 989. The number of H-pyrrole nitrogens is 1. The molecule has 0 bridgehead atoms. The Labute approximate surface area is 152 Å². The van der Waals surface area contributed by atoms with E-state index in [1.165, 1.54) is 28.6 Å². The minimum absolute atomic E-state index is 0.108. The molecular weight excluding hydrogens is 354 g/mol. The number of hydrogen-bond donors (Lipinski definition) is 2. The molecule has 3 rings (SSSR count). The number of hydrogen-bond acceptors (Lipinski definition) is 4. The number of carbonyl (C=O) groups excluding carboxylic acids is 1. The molecule has 1 fully saturated rings. The van der Waals surface area contributed by atoms with Gasteiger partial charge in [0.25, 0.3) is 5.91 Å². The first-order chi connectivity index (χ1) is 12.4. The lowest BCUT2D eigenvalue weighted by Crippen LogP contribution is -2.30. The van der Waals surface area contributed by atoms with Gasteiger partial charge in [0.15, 0.2) is 0 Å². The first kappa shape index (κ1) is 18.6. The van der Waals surface area contributed by atoms with E-state index >= 15 is 0 Å². The summed E-state index contributed by atoms with van der Waals surface area (Å²) in [5.41, 5.74) is 0.238. The zero-order chi connectivity index (χ0) is 18.9. The Hall–Kier alpha value is -2.19. The molecule has 140 valence electrons. The topological polar surface area (TPSA) is 99.3 Å². The number of rotatable bonds is 7. The molecule has 0 saturated heterocycles. The van der Waals surface area contributed by atoms with Crippen LogP contribution in [0.4, 0.5) is 0 Å². The van der Waals surface area contributed by atoms with Gasteiger partial charge in [-0.3, -0.25) is 9.59 Å². The molecule has 1 aromatic carbocycles. The lowest BCUT2D eigenvalue weighted by atomic mass is 10.1. The maximum Gasteiger partial charge on any atom is 0.252 e. The van der Waals surface area contributed by atoms with Crippen molar-refractivity contribution in [3.63, 3.8) is 0 Å². The highest BCUT2D eigenvalue weighted by molar-refractivity contribution is 7.89. The third kappa shape index (κ3) is 3.66. The van der Waals surface area contributed by atoms with E-state index in [0.717, 1.165) is 12.8 Å². The van der Waals surface area contributed by atoms with E-state index in [2.05, 4.69) is 10.3 Å². The highest BCUT2D eigenvalue weighted by atomic mass is 32.2. The van der Waals surface area contributed by atoms with Crippen LogP contribution in [0, 0.1) is 5.92 Å². The van der Waals surface area contributed by atoms with E-state index in [4.69, 9.17) is 0 Å². The molecule has 8 heteroatoms. The van der Waals surface area contributed by atoms with Gasteiger partial charge >= 0.3 is 0 Å². The van der Waals surface area contributed by atoms with E-state index in [1.54, 1.807) is 13.8 Å². The predicted molar refractivity (Wildman–Crippen MR) is 99.7 cm³/mol. The number of benzene rings is 1. The summed E-state index contributed by atoms with van der Waals surface area (Å²) < 4.78 is 26.9. The van der Waals surface area contributed by atoms with Gasteiger partial charge in [-0.25, -0.2) is 8.42 Å². The fourth-order valence-corrected chi connectivity index (χ4v) is 4.43. The fraction of sp³-hybridized carbons (Fsp3) is 0.444. The number of carbonyl (C=O) groups is 1. The van der Waals surface area contributed by atoms with Crippen LogP contribution in [0.5, 0.6) is 0 Å². The molecule has 7 nitrogen and oxygen atoms in total. The van der Waals surface area contributed by atoms with Crippen LogP contribution >= 0.6 is 0 Å². The molecule has 0 unspecified atom stereocenters. The SMILES string of the molecule is CCN(CC)S(=O)(=O)c1ccc2[nH]c(=O)cc(C(=O)NCC3CC3)c2c1. The van der Waals surface area contributed by atoms with E-state index in [9.17, 15) is 18.0 Å². The number of sulfonamides is 1. The van der Waals surface area contributed by atoms with Gasteiger partial charge in [-0.05, 0) is 37.0 Å². The average Bonchev–Trinajstić information content (AvgIpc) is 3.43. The van der Waals surface area contributed by atoms with Gasteiger partial charge in [-0.15, -0.1) is 0 Å². The van der Waals surface area contributed by atoms with Crippen LogP contribution in [0.25, 0.3) is 10.9 Å². The molecule has 0 aliphatic heterocycles. The zero-order valence-corrected chi connectivity index (χ0v) is 15.7.